The van der Waals surface area contributed by atoms with E-state index in [1.807, 2.05) is 31.2 Å². The Hall–Kier alpha value is -2.00. The number of carbonyl (C=O) groups excluding carboxylic acids is 1. The standard InChI is InChI=1S/C14H12ClNO2/c1-9-8-10(15)2-5-12(9)13-6-3-11(18-13)4-7-14(16)17/h2-8H,1H3,(H2,16,17)/b7-4-. The third kappa shape index (κ3) is 2.81. The summed E-state index contributed by atoms with van der Waals surface area (Å²) >= 11 is 5.90. The summed E-state index contributed by atoms with van der Waals surface area (Å²) in [4.78, 5) is 10.6. The van der Waals surface area contributed by atoms with E-state index in [2.05, 4.69) is 0 Å². The van der Waals surface area contributed by atoms with Crippen LogP contribution in [-0.4, -0.2) is 5.91 Å². The highest BCUT2D eigenvalue weighted by molar-refractivity contribution is 6.30. The Bertz CT molecular complexity index is 614. The number of amides is 1. The van der Waals surface area contributed by atoms with E-state index < -0.39 is 5.91 Å². The predicted octanol–water partition coefficient (Wildman–Crippen LogP) is 3.41. The maximum Gasteiger partial charge on any atom is 0.241 e. The number of aryl methyl sites for hydroxylation is 1. The molecule has 0 unspecified atom stereocenters. The Morgan fingerprint density at radius 2 is 2.11 bits per heavy atom. The molecular weight excluding hydrogens is 250 g/mol. The van der Waals surface area contributed by atoms with Crippen molar-refractivity contribution >= 4 is 23.6 Å². The molecule has 0 aliphatic rings. The van der Waals surface area contributed by atoms with Crippen LogP contribution in [0.3, 0.4) is 0 Å². The molecule has 0 saturated carbocycles. The summed E-state index contributed by atoms with van der Waals surface area (Å²) in [6.07, 6.45) is 2.80. The highest BCUT2D eigenvalue weighted by Gasteiger charge is 2.06. The maximum absolute atomic E-state index is 10.6. The van der Waals surface area contributed by atoms with E-state index in [1.165, 1.54) is 12.2 Å². The molecule has 92 valence electrons. The van der Waals surface area contributed by atoms with Gasteiger partial charge in [0.15, 0.2) is 0 Å². The average molecular weight is 262 g/mol. The van der Waals surface area contributed by atoms with E-state index >= 15 is 0 Å². The first kappa shape index (κ1) is 12.5. The van der Waals surface area contributed by atoms with Crippen LogP contribution in [0.4, 0.5) is 0 Å². The molecule has 2 rings (SSSR count). The Labute approximate surface area is 110 Å². The lowest BCUT2D eigenvalue weighted by Crippen LogP contribution is -2.04. The van der Waals surface area contributed by atoms with Crippen LogP contribution in [-0.2, 0) is 4.79 Å². The van der Waals surface area contributed by atoms with Crippen molar-refractivity contribution in [1.82, 2.24) is 0 Å². The summed E-state index contributed by atoms with van der Waals surface area (Å²) in [5.41, 5.74) is 7.02. The fraction of sp³-hybridized carbons (Fsp3) is 0.0714. The highest BCUT2D eigenvalue weighted by atomic mass is 35.5. The lowest BCUT2D eigenvalue weighted by atomic mass is 10.1. The van der Waals surface area contributed by atoms with Crippen LogP contribution < -0.4 is 5.73 Å². The maximum atomic E-state index is 10.6. The second kappa shape index (κ2) is 5.10. The number of nitrogens with two attached hydrogens (primary N) is 1. The van der Waals surface area contributed by atoms with Gasteiger partial charge in [0.25, 0.3) is 0 Å². The minimum Gasteiger partial charge on any atom is -0.457 e. The van der Waals surface area contributed by atoms with Crippen LogP contribution in [0.5, 0.6) is 0 Å². The van der Waals surface area contributed by atoms with Crippen molar-refractivity contribution in [2.24, 2.45) is 5.73 Å². The number of hydrogen-bond acceptors (Lipinski definition) is 2. The molecule has 1 aromatic heterocycles. The second-order valence-corrected chi connectivity index (χ2v) is 4.33. The first-order valence-electron chi connectivity index (χ1n) is 5.40. The van der Waals surface area contributed by atoms with Gasteiger partial charge in [-0.3, -0.25) is 4.79 Å². The van der Waals surface area contributed by atoms with Crippen LogP contribution in [0.2, 0.25) is 5.02 Å². The zero-order valence-electron chi connectivity index (χ0n) is 9.81. The van der Waals surface area contributed by atoms with Gasteiger partial charge in [-0.15, -0.1) is 0 Å². The summed E-state index contributed by atoms with van der Waals surface area (Å²) in [7, 11) is 0. The molecule has 0 radical (unpaired) electrons. The van der Waals surface area contributed by atoms with Crippen LogP contribution in [0.1, 0.15) is 11.3 Å². The number of benzene rings is 1. The number of furan rings is 1. The largest absolute Gasteiger partial charge is 0.457 e. The lowest BCUT2D eigenvalue weighted by molar-refractivity contribution is -0.113. The van der Waals surface area contributed by atoms with Gasteiger partial charge in [-0.25, -0.2) is 0 Å². The number of hydrogen-bond donors (Lipinski definition) is 1. The van der Waals surface area contributed by atoms with Gasteiger partial charge in [0.05, 0.1) is 0 Å². The molecule has 0 fully saturated rings. The van der Waals surface area contributed by atoms with Crippen molar-refractivity contribution in [3.05, 3.63) is 52.8 Å². The SMILES string of the molecule is Cc1cc(Cl)ccc1-c1ccc(/C=C\C(N)=O)o1. The summed E-state index contributed by atoms with van der Waals surface area (Å²) < 4.78 is 5.60. The summed E-state index contributed by atoms with van der Waals surface area (Å²) in [5.74, 6) is 0.807. The van der Waals surface area contributed by atoms with Gasteiger partial charge in [0.1, 0.15) is 11.5 Å². The van der Waals surface area contributed by atoms with Crippen LogP contribution in [0.15, 0.2) is 40.8 Å². The van der Waals surface area contributed by atoms with E-state index in [-0.39, 0.29) is 0 Å². The third-order valence-corrected chi connectivity index (χ3v) is 2.73. The van der Waals surface area contributed by atoms with Crippen molar-refractivity contribution in [2.45, 2.75) is 6.92 Å². The number of halogens is 1. The molecular formula is C14H12ClNO2. The van der Waals surface area contributed by atoms with Crippen molar-refractivity contribution in [3.63, 3.8) is 0 Å². The van der Waals surface area contributed by atoms with E-state index in [9.17, 15) is 4.79 Å². The van der Waals surface area contributed by atoms with Crippen molar-refractivity contribution in [1.29, 1.82) is 0 Å². The number of primary amides is 1. The Morgan fingerprint density at radius 3 is 2.78 bits per heavy atom. The molecule has 0 saturated heterocycles. The topological polar surface area (TPSA) is 56.2 Å². The molecule has 0 spiro atoms. The lowest BCUT2D eigenvalue weighted by Gasteiger charge is -2.02. The zero-order chi connectivity index (χ0) is 13.1. The zero-order valence-corrected chi connectivity index (χ0v) is 10.6. The van der Waals surface area contributed by atoms with Crippen LogP contribution in [0.25, 0.3) is 17.4 Å². The molecule has 0 atom stereocenters. The highest BCUT2D eigenvalue weighted by Crippen LogP contribution is 2.27. The minimum atomic E-state index is -0.504. The molecule has 2 aromatic rings. The Balaban J connectivity index is 2.32. The molecule has 1 aromatic carbocycles. The summed E-state index contributed by atoms with van der Waals surface area (Å²) in [6, 6.07) is 9.21. The van der Waals surface area contributed by atoms with Crippen LogP contribution >= 0.6 is 11.6 Å². The van der Waals surface area contributed by atoms with E-state index in [1.54, 1.807) is 6.07 Å². The van der Waals surface area contributed by atoms with Crippen molar-refractivity contribution < 1.29 is 9.21 Å². The molecule has 1 heterocycles. The molecule has 3 nitrogen and oxygen atoms in total. The molecule has 1 amide bonds. The molecule has 0 bridgehead atoms. The van der Waals surface area contributed by atoms with Crippen molar-refractivity contribution in [2.75, 3.05) is 0 Å². The van der Waals surface area contributed by atoms with Gasteiger partial charge in [-0.1, -0.05) is 11.6 Å². The number of carbonyl (C=O) groups is 1. The average Bonchev–Trinajstić information content (AvgIpc) is 2.75. The van der Waals surface area contributed by atoms with Gasteiger partial charge in [-0.2, -0.15) is 0 Å². The summed E-state index contributed by atoms with van der Waals surface area (Å²) in [5, 5.41) is 0.691. The Morgan fingerprint density at radius 1 is 1.33 bits per heavy atom. The smallest absolute Gasteiger partial charge is 0.241 e. The molecule has 4 heteroatoms. The van der Waals surface area contributed by atoms with Gasteiger partial charge >= 0.3 is 0 Å². The molecule has 0 aliphatic carbocycles. The number of rotatable bonds is 3. The van der Waals surface area contributed by atoms with Gasteiger partial charge in [0, 0.05) is 16.7 Å². The fourth-order valence-electron chi connectivity index (χ4n) is 1.65. The molecule has 18 heavy (non-hydrogen) atoms. The summed E-state index contributed by atoms with van der Waals surface area (Å²) in [6.45, 7) is 1.96. The van der Waals surface area contributed by atoms with E-state index in [4.69, 9.17) is 21.8 Å². The minimum absolute atomic E-state index is 0.504. The second-order valence-electron chi connectivity index (χ2n) is 3.90. The third-order valence-electron chi connectivity index (χ3n) is 2.49. The van der Waals surface area contributed by atoms with Crippen LogP contribution in [0, 0.1) is 6.92 Å². The first-order valence-corrected chi connectivity index (χ1v) is 5.78. The van der Waals surface area contributed by atoms with Gasteiger partial charge < -0.3 is 10.2 Å². The predicted molar refractivity (Wildman–Crippen MR) is 72.1 cm³/mol. The monoisotopic (exact) mass is 261 g/mol. The van der Waals surface area contributed by atoms with Gasteiger partial charge in [-0.05, 0) is 48.9 Å². The van der Waals surface area contributed by atoms with Crippen molar-refractivity contribution in [3.8, 4) is 11.3 Å². The van der Waals surface area contributed by atoms with E-state index in [0.29, 0.717) is 10.8 Å². The van der Waals surface area contributed by atoms with Gasteiger partial charge in [0.2, 0.25) is 5.91 Å². The molecule has 2 N–H and O–H groups in total. The fourth-order valence-corrected chi connectivity index (χ4v) is 1.88. The quantitative estimate of drug-likeness (QED) is 0.861. The first-order chi connectivity index (χ1) is 8.56. The van der Waals surface area contributed by atoms with E-state index in [0.717, 1.165) is 16.9 Å². The Kier molecular flexibility index (Phi) is 3.53. The normalized spacial score (nSPS) is 11.0. The molecule has 0 aliphatic heterocycles.